The van der Waals surface area contributed by atoms with Crippen molar-refractivity contribution in [1.29, 1.82) is 0 Å². The Hall–Kier alpha value is -1.43. The van der Waals surface area contributed by atoms with E-state index >= 15 is 0 Å². The first kappa shape index (κ1) is 11.6. The molecule has 0 aliphatic carbocycles. The van der Waals surface area contributed by atoms with Gasteiger partial charge < -0.3 is 10.5 Å². The first-order valence-electron chi connectivity index (χ1n) is 3.63. The van der Waals surface area contributed by atoms with Gasteiger partial charge in [0.1, 0.15) is 5.75 Å². The van der Waals surface area contributed by atoms with Crippen molar-refractivity contribution in [1.82, 2.24) is 0 Å². The zero-order valence-electron chi connectivity index (χ0n) is 7.14. The smallest absolute Gasteiger partial charge is 0.406 e. The summed E-state index contributed by atoms with van der Waals surface area (Å²) < 4.78 is 39.1. The molecule has 0 aliphatic heterocycles. The molecule has 3 nitrogen and oxygen atoms in total. The Kier molecular flexibility index (Phi) is 3.09. The molecule has 0 heterocycles. The van der Waals surface area contributed by atoms with E-state index in [1.54, 1.807) is 0 Å². The highest BCUT2D eigenvalue weighted by Crippen LogP contribution is 2.31. The van der Waals surface area contributed by atoms with Gasteiger partial charge in [-0.25, -0.2) is 0 Å². The number of carbonyl (C=O) groups excluding carboxylic acids is 1. The minimum Gasteiger partial charge on any atom is -0.406 e. The van der Waals surface area contributed by atoms with Crippen LogP contribution in [-0.4, -0.2) is 12.6 Å². The molecule has 0 unspecified atom stereocenters. The maximum atomic E-state index is 11.8. The van der Waals surface area contributed by atoms with Gasteiger partial charge in [-0.15, -0.1) is 13.2 Å². The number of anilines is 1. The molecule has 2 N–H and O–H groups in total. The van der Waals surface area contributed by atoms with Crippen LogP contribution in [0.1, 0.15) is 10.4 Å². The van der Waals surface area contributed by atoms with Crippen molar-refractivity contribution in [2.24, 2.45) is 0 Å². The van der Waals surface area contributed by atoms with E-state index in [0.717, 1.165) is 12.1 Å². The number of hydrogen-bond donors (Lipinski definition) is 1. The molecule has 0 saturated heterocycles. The van der Waals surface area contributed by atoms with Crippen LogP contribution in [0, 0.1) is 0 Å². The number of nitrogens with two attached hydrogens (primary N) is 1. The Labute approximate surface area is 87.6 Å². The van der Waals surface area contributed by atoms with Crippen molar-refractivity contribution in [2.45, 2.75) is 6.36 Å². The van der Waals surface area contributed by atoms with Crippen LogP contribution in [0.25, 0.3) is 0 Å². The van der Waals surface area contributed by atoms with Crippen LogP contribution in [0.2, 0.25) is 5.02 Å². The second-order valence-electron chi connectivity index (χ2n) is 2.57. The van der Waals surface area contributed by atoms with Crippen LogP contribution >= 0.6 is 11.6 Å². The molecule has 0 fully saturated rings. The zero-order chi connectivity index (χ0) is 11.6. The van der Waals surface area contributed by atoms with Gasteiger partial charge in [-0.3, -0.25) is 4.79 Å². The second kappa shape index (κ2) is 3.98. The van der Waals surface area contributed by atoms with Gasteiger partial charge in [0.15, 0.2) is 6.29 Å². The van der Waals surface area contributed by atoms with Gasteiger partial charge in [-0.05, 0) is 6.07 Å². The van der Waals surface area contributed by atoms with E-state index in [-0.39, 0.29) is 16.3 Å². The quantitative estimate of drug-likeness (QED) is 0.638. The molecule has 15 heavy (non-hydrogen) atoms. The lowest BCUT2D eigenvalue weighted by Gasteiger charge is -2.10. The fourth-order valence-corrected chi connectivity index (χ4v) is 1.12. The second-order valence-corrected chi connectivity index (χ2v) is 2.98. The Bertz CT molecular complexity index is 392. The van der Waals surface area contributed by atoms with E-state index in [9.17, 15) is 18.0 Å². The summed E-state index contributed by atoms with van der Waals surface area (Å²) in [6, 6.07) is 1.75. The van der Waals surface area contributed by atoms with Crippen LogP contribution in [0.4, 0.5) is 18.9 Å². The predicted molar refractivity (Wildman–Crippen MR) is 47.9 cm³/mol. The predicted octanol–water partition coefficient (Wildman–Crippen LogP) is 2.63. The van der Waals surface area contributed by atoms with E-state index < -0.39 is 12.1 Å². The molecular weight excluding hydrogens is 235 g/mol. The Balaban J connectivity index is 3.11. The van der Waals surface area contributed by atoms with Gasteiger partial charge in [0, 0.05) is 11.6 Å². The van der Waals surface area contributed by atoms with E-state index in [1.807, 2.05) is 0 Å². The van der Waals surface area contributed by atoms with Crippen LogP contribution < -0.4 is 10.5 Å². The molecule has 82 valence electrons. The molecule has 0 radical (unpaired) electrons. The lowest BCUT2D eigenvalue weighted by molar-refractivity contribution is -0.274. The average molecular weight is 240 g/mol. The third kappa shape index (κ3) is 3.02. The molecule has 7 heteroatoms. The molecule has 0 bridgehead atoms. The lowest BCUT2D eigenvalue weighted by atomic mass is 10.2. The maximum absolute atomic E-state index is 11.8. The van der Waals surface area contributed by atoms with Crippen LogP contribution in [0.5, 0.6) is 5.75 Å². The normalized spacial score (nSPS) is 11.2. The van der Waals surface area contributed by atoms with Crippen LogP contribution in [0.15, 0.2) is 12.1 Å². The van der Waals surface area contributed by atoms with Crippen LogP contribution in [0.3, 0.4) is 0 Å². The van der Waals surface area contributed by atoms with Gasteiger partial charge in [0.2, 0.25) is 0 Å². The molecule has 0 amide bonds. The number of nitrogen functional groups attached to an aromatic ring is 1. The van der Waals surface area contributed by atoms with E-state index in [4.69, 9.17) is 17.3 Å². The minimum atomic E-state index is -4.83. The number of alkyl halides is 3. The number of ether oxygens (including phenoxy) is 1. The van der Waals surface area contributed by atoms with Crippen molar-refractivity contribution < 1.29 is 22.7 Å². The lowest BCUT2D eigenvalue weighted by Crippen LogP contribution is -2.17. The minimum absolute atomic E-state index is 0.0822. The Morgan fingerprint density at radius 1 is 1.40 bits per heavy atom. The SMILES string of the molecule is Nc1c(Cl)cc(OC(F)(F)F)cc1C=O. The Morgan fingerprint density at radius 2 is 2.00 bits per heavy atom. The number of halogens is 4. The van der Waals surface area contributed by atoms with E-state index in [2.05, 4.69) is 4.74 Å². The first-order valence-corrected chi connectivity index (χ1v) is 4.01. The summed E-state index contributed by atoms with van der Waals surface area (Å²) in [6.45, 7) is 0. The van der Waals surface area contributed by atoms with Crippen molar-refractivity contribution in [3.8, 4) is 5.75 Å². The van der Waals surface area contributed by atoms with Gasteiger partial charge in [-0.2, -0.15) is 0 Å². The van der Waals surface area contributed by atoms with Gasteiger partial charge in [0.05, 0.1) is 10.7 Å². The average Bonchev–Trinajstić information content (AvgIpc) is 2.08. The van der Waals surface area contributed by atoms with Gasteiger partial charge in [-0.1, -0.05) is 11.6 Å². The summed E-state index contributed by atoms with van der Waals surface area (Å²) in [5, 5.41) is -0.168. The third-order valence-electron chi connectivity index (χ3n) is 1.50. The summed E-state index contributed by atoms with van der Waals surface area (Å²) >= 11 is 5.50. The summed E-state index contributed by atoms with van der Waals surface area (Å²) in [5.74, 6) is -0.580. The van der Waals surface area contributed by atoms with Gasteiger partial charge in [0.25, 0.3) is 0 Å². The topological polar surface area (TPSA) is 52.3 Å². The molecule has 1 aromatic rings. The third-order valence-corrected chi connectivity index (χ3v) is 1.81. The fourth-order valence-electron chi connectivity index (χ4n) is 0.903. The van der Waals surface area contributed by atoms with Crippen molar-refractivity contribution in [3.05, 3.63) is 22.7 Å². The maximum Gasteiger partial charge on any atom is 0.573 e. The number of benzene rings is 1. The van der Waals surface area contributed by atoms with E-state index in [0.29, 0.717) is 6.29 Å². The monoisotopic (exact) mass is 239 g/mol. The summed E-state index contributed by atoms with van der Waals surface area (Å²) in [6.07, 6.45) is -4.54. The van der Waals surface area contributed by atoms with E-state index in [1.165, 1.54) is 0 Å². The highest BCUT2D eigenvalue weighted by molar-refractivity contribution is 6.33. The summed E-state index contributed by atoms with van der Waals surface area (Å²) in [5.41, 5.74) is 5.09. The molecule has 0 atom stereocenters. The van der Waals surface area contributed by atoms with Gasteiger partial charge >= 0.3 is 6.36 Å². The molecule has 1 aromatic carbocycles. The Morgan fingerprint density at radius 3 is 2.47 bits per heavy atom. The van der Waals surface area contributed by atoms with Crippen molar-refractivity contribution in [3.63, 3.8) is 0 Å². The molecular formula is C8H5ClF3NO2. The van der Waals surface area contributed by atoms with Crippen LogP contribution in [-0.2, 0) is 0 Å². The standard InChI is InChI=1S/C8H5ClF3NO2/c9-6-2-5(15-8(10,11)12)1-4(3-14)7(6)13/h1-3H,13H2. The number of hydrogen-bond acceptors (Lipinski definition) is 3. The molecule has 0 aliphatic rings. The molecule has 1 rings (SSSR count). The molecule has 0 aromatic heterocycles. The largest absolute Gasteiger partial charge is 0.573 e. The highest BCUT2D eigenvalue weighted by Gasteiger charge is 2.31. The summed E-state index contributed by atoms with van der Waals surface area (Å²) in [4.78, 5) is 10.4. The first-order chi connectivity index (χ1) is 6.83. The highest BCUT2D eigenvalue weighted by atomic mass is 35.5. The molecule has 0 spiro atoms. The zero-order valence-corrected chi connectivity index (χ0v) is 7.89. The molecule has 0 saturated carbocycles. The number of carbonyl (C=O) groups is 1. The van der Waals surface area contributed by atoms with Crippen molar-refractivity contribution in [2.75, 3.05) is 5.73 Å². The fraction of sp³-hybridized carbons (Fsp3) is 0.125. The summed E-state index contributed by atoms with van der Waals surface area (Å²) in [7, 11) is 0. The number of aldehydes is 1. The number of rotatable bonds is 2. The van der Waals surface area contributed by atoms with Crippen molar-refractivity contribution >= 4 is 23.6 Å².